The second-order valence-electron chi connectivity index (χ2n) is 7.10. The summed E-state index contributed by atoms with van der Waals surface area (Å²) in [5, 5.41) is 0. The lowest BCUT2D eigenvalue weighted by molar-refractivity contribution is 0.414. The molecule has 0 N–H and O–H groups in total. The van der Waals surface area contributed by atoms with Crippen molar-refractivity contribution >= 4 is 11.0 Å². The third kappa shape index (κ3) is 3.79. The zero-order valence-corrected chi connectivity index (χ0v) is 16.7. The van der Waals surface area contributed by atoms with Crippen molar-refractivity contribution in [1.29, 1.82) is 0 Å². The van der Waals surface area contributed by atoms with Crippen LogP contribution in [0.5, 0.6) is 5.75 Å². The van der Waals surface area contributed by atoms with E-state index in [4.69, 9.17) is 9.72 Å². The maximum atomic E-state index is 13.6. The largest absolute Gasteiger partial charge is 0.497 e. The molecule has 0 bridgehead atoms. The molecule has 29 heavy (non-hydrogen) atoms. The van der Waals surface area contributed by atoms with E-state index in [2.05, 4.69) is 19.1 Å². The summed E-state index contributed by atoms with van der Waals surface area (Å²) in [7, 11) is 1.65. The molecular weight excluding hydrogens is 360 g/mol. The molecule has 0 aliphatic heterocycles. The van der Waals surface area contributed by atoms with Gasteiger partial charge in [-0.15, -0.1) is 0 Å². The first-order valence-electron chi connectivity index (χ1n) is 9.88. The van der Waals surface area contributed by atoms with Crippen LogP contribution in [0.3, 0.4) is 0 Å². The Hall–Kier alpha value is -3.40. The summed E-state index contributed by atoms with van der Waals surface area (Å²) in [5.74, 6) is 0.770. The Morgan fingerprint density at radius 1 is 0.931 bits per heavy atom. The number of aromatic nitrogens is 2. The van der Waals surface area contributed by atoms with Gasteiger partial charge < -0.3 is 9.30 Å². The van der Waals surface area contributed by atoms with Crippen molar-refractivity contribution < 1.29 is 4.74 Å². The molecule has 4 aromatic rings. The van der Waals surface area contributed by atoms with Gasteiger partial charge in [0.25, 0.3) is 5.56 Å². The number of rotatable bonds is 6. The second kappa shape index (κ2) is 8.31. The fourth-order valence-corrected chi connectivity index (χ4v) is 3.78. The van der Waals surface area contributed by atoms with Crippen LogP contribution < -0.4 is 10.3 Å². The van der Waals surface area contributed by atoms with Crippen LogP contribution in [0.4, 0.5) is 0 Å². The third-order valence-corrected chi connectivity index (χ3v) is 5.32. The Balaban J connectivity index is 1.86. The normalized spacial score (nSPS) is 12.1. The molecule has 0 amide bonds. The third-order valence-electron chi connectivity index (χ3n) is 5.32. The molecule has 3 aromatic carbocycles. The predicted octanol–water partition coefficient (Wildman–Crippen LogP) is 5.00. The fraction of sp³-hybridized carbons (Fsp3) is 0.200. The molecule has 0 saturated heterocycles. The van der Waals surface area contributed by atoms with Crippen LogP contribution in [0.25, 0.3) is 11.0 Å². The van der Waals surface area contributed by atoms with Gasteiger partial charge in [-0.05, 0) is 41.8 Å². The highest BCUT2D eigenvalue weighted by atomic mass is 16.5. The van der Waals surface area contributed by atoms with Crippen LogP contribution in [0.15, 0.2) is 83.7 Å². The number of para-hydroxylation sites is 2. The molecular formula is C25H24N2O2. The Morgan fingerprint density at radius 3 is 2.31 bits per heavy atom. The van der Waals surface area contributed by atoms with Gasteiger partial charge in [0.2, 0.25) is 0 Å². The molecule has 146 valence electrons. The van der Waals surface area contributed by atoms with Crippen molar-refractivity contribution in [3.63, 3.8) is 0 Å². The maximum Gasteiger partial charge on any atom is 0.273 e. The number of ether oxygens (including phenoxy) is 1. The molecule has 0 fully saturated rings. The van der Waals surface area contributed by atoms with Gasteiger partial charge in [-0.3, -0.25) is 4.79 Å². The highest BCUT2D eigenvalue weighted by molar-refractivity contribution is 5.75. The molecule has 4 heteroatoms. The number of hydrogen-bond acceptors (Lipinski definition) is 3. The molecule has 1 heterocycles. The monoisotopic (exact) mass is 384 g/mol. The summed E-state index contributed by atoms with van der Waals surface area (Å²) in [5.41, 5.74) is 4.42. The van der Waals surface area contributed by atoms with E-state index >= 15 is 0 Å². The van der Waals surface area contributed by atoms with Crippen LogP contribution in [-0.4, -0.2) is 16.7 Å². The first kappa shape index (κ1) is 18.9. The van der Waals surface area contributed by atoms with Crippen molar-refractivity contribution in [2.75, 3.05) is 7.11 Å². The lowest BCUT2D eigenvalue weighted by atomic mass is 9.93. The quantitative estimate of drug-likeness (QED) is 0.470. The molecule has 4 nitrogen and oxygen atoms in total. The fourth-order valence-electron chi connectivity index (χ4n) is 3.78. The Labute approximate surface area is 170 Å². The van der Waals surface area contributed by atoms with Gasteiger partial charge in [0.05, 0.1) is 24.7 Å². The highest BCUT2D eigenvalue weighted by Crippen LogP contribution is 2.26. The lowest BCUT2D eigenvalue weighted by Crippen LogP contribution is -2.28. The standard InChI is InChI=1S/C25H24N2O2/c1-3-21(19-9-5-4-6-10-19)24-25(28)27(23-12-8-7-11-22(23)26-24)17-18-13-15-20(29-2)16-14-18/h4-16,21H,3,17H2,1-2H3. The van der Waals surface area contributed by atoms with Gasteiger partial charge in [0.1, 0.15) is 11.4 Å². The molecule has 1 unspecified atom stereocenters. The van der Waals surface area contributed by atoms with Crippen molar-refractivity contribution in [1.82, 2.24) is 9.55 Å². The van der Waals surface area contributed by atoms with E-state index in [1.165, 1.54) is 0 Å². The first-order valence-corrected chi connectivity index (χ1v) is 9.88. The molecule has 0 radical (unpaired) electrons. The Kier molecular flexibility index (Phi) is 5.43. The zero-order chi connectivity index (χ0) is 20.2. The minimum Gasteiger partial charge on any atom is -0.497 e. The van der Waals surface area contributed by atoms with Crippen molar-refractivity contribution in [3.05, 3.63) is 106 Å². The van der Waals surface area contributed by atoms with Crippen LogP contribution in [0, 0.1) is 0 Å². The number of benzene rings is 3. The number of fused-ring (bicyclic) bond motifs is 1. The van der Waals surface area contributed by atoms with Crippen LogP contribution >= 0.6 is 0 Å². The predicted molar refractivity (Wildman–Crippen MR) is 117 cm³/mol. The summed E-state index contributed by atoms with van der Waals surface area (Å²) in [6.45, 7) is 2.59. The minimum absolute atomic E-state index is 0.0320. The second-order valence-corrected chi connectivity index (χ2v) is 7.10. The topological polar surface area (TPSA) is 44.1 Å². The average Bonchev–Trinajstić information content (AvgIpc) is 2.78. The zero-order valence-electron chi connectivity index (χ0n) is 16.7. The smallest absolute Gasteiger partial charge is 0.273 e. The molecule has 4 rings (SSSR count). The molecule has 0 saturated carbocycles. The molecule has 0 aliphatic carbocycles. The van der Waals surface area contributed by atoms with E-state index in [0.717, 1.165) is 34.3 Å². The maximum absolute atomic E-state index is 13.6. The summed E-state index contributed by atoms with van der Waals surface area (Å²) in [6.07, 6.45) is 0.813. The lowest BCUT2D eigenvalue weighted by Gasteiger charge is -2.18. The average molecular weight is 384 g/mol. The summed E-state index contributed by atoms with van der Waals surface area (Å²) >= 11 is 0. The number of nitrogens with zero attached hydrogens (tertiary/aromatic N) is 2. The highest BCUT2D eigenvalue weighted by Gasteiger charge is 2.20. The van der Waals surface area contributed by atoms with Crippen LogP contribution in [0.2, 0.25) is 0 Å². The van der Waals surface area contributed by atoms with Gasteiger partial charge >= 0.3 is 0 Å². The SMILES string of the molecule is CCC(c1ccccc1)c1nc2ccccc2n(Cc2ccc(OC)cc2)c1=O. The van der Waals surface area contributed by atoms with E-state index < -0.39 is 0 Å². The Morgan fingerprint density at radius 2 is 1.62 bits per heavy atom. The van der Waals surface area contributed by atoms with Crippen molar-refractivity contribution in [2.45, 2.75) is 25.8 Å². The first-order chi connectivity index (χ1) is 14.2. The van der Waals surface area contributed by atoms with Gasteiger partial charge in [-0.1, -0.05) is 61.5 Å². The van der Waals surface area contributed by atoms with E-state index in [-0.39, 0.29) is 11.5 Å². The molecule has 0 aliphatic rings. The van der Waals surface area contributed by atoms with Gasteiger partial charge in [0, 0.05) is 5.92 Å². The number of methoxy groups -OCH3 is 1. The van der Waals surface area contributed by atoms with Gasteiger partial charge in [0.15, 0.2) is 0 Å². The van der Waals surface area contributed by atoms with E-state index in [0.29, 0.717) is 12.2 Å². The minimum atomic E-state index is -0.0322. The van der Waals surface area contributed by atoms with Crippen LogP contribution in [-0.2, 0) is 6.54 Å². The van der Waals surface area contributed by atoms with Gasteiger partial charge in [-0.2, -0.15) is 0 Å². The van der Waals surface area contributed by atoms with E-state index in [1.807, 2.05) is 71.3 Å². The van der Waals surface area contributed by atoms with Crippen LogP contribution in [0.1, 0.15) is 36.1 Å². The summed E-state index contributed by atoms with van der Waals surface area (Å²) in [4.78, 5) is 18.4. The van der Waals surface area contributed by atoms with E-state index in [9.17, 15) is 4.79 Å². The molecule has 1 atom stereocenters. The summed E-state index contributed by atoms with van der Waals surface area (Å²) < 4.78 is 7.09. The van der Waals surface area contributed by atoms with Gasteiger partial charge in [-0.25, -0.2) is 4.98 Å². The van der Waals surface area contributed by atoms with Crippen molar-refractivity contribution in [2.24, 2.45) is 0 Å². The summed E-state index contributed by atoms with van der Waals surface area (Å²) in [6, 6.07) is 25.8. The van der Waals surface area contributed by atoms with E-state index in [1.54, 1.807) is 7.11 Å². The molecule has 0 spiro atoms. The number of hydrogen-bond donors (Lipinski definition) is 0. The molecule has 1 aromatic heterocycles. The Bertz CT molecular complexity index is 1170. The van der Waals surface area contributed by atoms with Crippen molar-refractivity contribution in [3.8, 4) is 5.75 Å².